The number of ether oxygens (including phenoxy) is 1. The first-order valence-electron chi connectivity index (χ1n) is 10.1. The summed E-state index contributed by atoms with van der Waals surface area (Å²) in [4.78, 5) is 23.8. The van der Waals surface area contributed by atoms with E-state index in [1.54, 1.807) is 0 Å². The number of carbonyl (C=O) groups excluding carboxylic acids is 1. The minimum absolute atomic E-state index is 0.0337. The molecular formula is C24H19F5N2O4. The normalized spacial score (nSPS) is 12.2. The Morgan fingerprint density at radius 3 is 2.34 bits per heavy atom. The highest BCUT2D eigenvalue weighted by molar-refractivity contribution is 6.06. The highest BCUT2D eigenvalue weighted by atomic mass is 19.4. The second-order valence-corrected chi connectivity index (χ2v) is 7.62. The van der Waals surface area contributed by atoms with Gasteiger partial charge in [-0.05, 0) is 67.1 Å². The minimum atomic E-state index is -4.76. The zero-order valence-electron chi connectivity index (χ0n) is 18.1. The molecule has 3 aromatic carbocycles. The Hall–Kier alpha value is -3.99. The smallest absolute Gasteiger partial charge is 0.416 e. The molecule has 0 fully saturated rings. The van der Waals surface area contributed by atoms with Crippen LogP contribution in [-0.4, -0.2) is 17.0 Å². The molecular weight excluding hydrogens is 475 g/mol. The van der Waals surface area contributed by atoms with Gasteiger partial charge in [-0.25, -0.2) is 8.78 Å². The van der Waals surface area contributed by atoms with E-state index < -0.39 is 53.3 Å². The van der Waals surface area contributed by atoms with E-state index in [1.807, 2.05) is 0 Å². The van der Waals surface area contributed by atoms with E-state index in [-0.39, 0.29) is 22.7 Å². The number of carboxylic acid groups (broad SMARTS) is 1. The second kappa shape index (κ2) is 10.1. The number of nitrogens with two attached hydrogens (primary N) is 1. The summed E-state index contributed by atoms with van der Waals surface area (Å²) in [5.74, 6) is -3.78. The third-order valence-electron chi connectivity index (χ3n) is 4.96. The van der Waals surface area contributed by atoms with E-state index >= 15 is 0 Å². The number of hydrogen-bond acceptors (Lipinski definition) is 4. The molecule has 0 saturated heterocycles. The Labute approximate surface area is 196 Å². The van der Waals surface area contributed by atoms with Crippen molar-refractivity contribution in [2.24, 2.45) is 5.73 Å². The van der Waals surface area contributed by atoms with Crippen LogP contribution in [0.5, 0.6) is 11.5 Å². The van der Waals surface area contributed by atoms with Crippen LogP contribution in [0.3, 0.4) is 0 Å². The van der Waals surface area contributed by atoms with Crippen LogP contribution in [0.1, 0.15) is 39.5 Å². The number of benzene rings is 3. The van der Waals surface area contributed by atoms with Crippen molar-refractivity contribution in [1.29, 1.82) is 0 Å². The van der Waals surface area contributed by atoms with E-state index in [4.69, 9.17) is 15.6 Å². The van der Waals surface area contributed by atoms with E-state index in [1.165, 1.54) is 13.0 Å². The zero-order chi connectivity index (χ0) is 25.9. The SMILES string of the molecule is Cc1cc(F)ccc1Oc1ccc(C(F)(F)F)cc1C(=O)Nc1ccc(F)c(C(N)CC(=O)O)c1. The van der Waals surface area contributed by atoms with Crippen LogP contribution in [0, 0.1) is 18.6 Å². The van der Waals surface area contributed by atoms with Gasteiger partial charge in [-0.2, -0.15) is 13.2 Å². The summed E-state index contributed by atoms with van der Waals surface area (Å²) in [6.45, 7) is 1.52. The van der Waals surface area contributed by atoms with Gasteiger partial charge in [0.15, 0.2) is 0 Å². The predicted molar refractivity (Wildman–Crippen MR) is 116 cm³/mol. The fourth-order valence-electron chi connectivity index (χ4n) is 3.22. The van der Waals surface area contributed by atoms with Crippen LogP contribution in [0.25, 0.3) is 0 Å². The fourth-order valence-corrected chi connectivity index (χ4v) is 3.22. The van der Waals surface area contributed by atoms with Crippen LogP contribution in [0.2, 0.25) is 0 Å². The number of nitrogens with one attached hydrogen (secondary N) is 1. The molecule has 184 valence electrons. The number of rotatable bonds is 7. The summed E-state index contributed by atoms with van der Waals surface area (Å²) in [5, 5.41) is 11.2. The summed E-state index contributed by atoms with van der Waals surface area (Å²) in [6, 6.07) is 7.74. The highest BCUT2D eigenvalue weighted by Crippen LogP contribution is 2.35. The monoisotopic (exact) mass is 494 g/mol. The van der Waals surface area contributed by atoms with Crippen molar-refractivity contribution < 1.29 is 41.4 Å². The first-order valence-corrected chi connectivity index (χ1v) is 10.1. The van der Waals surface area contributed by atoms with Crippen LogP contribution >= 0.6 is 0 Å². The van der Waals surface area contributed by atoms with Gasteiger partial charge in [0.25, 0.3) is 5.91 Å². The maximum Gasteiger partial charge on any atom is 0.416 e. The number of aryl methyl sites for hydroxylation is 1. The Bertz CT molecular complexity index is 1280. The molecule has 3 rings (SSSR count). The lowest BCUT2D eigenvalue weighted by Crippen LogP contribution is -2.18. The number of anilines is 1. The van der Waals surface area contributed by atoms with Crippen molar-refractivity contribution >= 4 is 17.6 Å². The number of halogens is 5. The van der Waals surface area contributed by atoms with Crippen molar-refractivity contribution in [3.63, 3.8) is 0 Å². The Morgan fingerprint density at radius 2 is 1.71 bits per heavy atom. The van der Waals surface area contributed by atoms with Gasteiger partial charge in [0.05, 0.1) is 17.5 Å². The van der Waals surface area contributed by atoms with E-state index in [0.717, 1.165) is 42.5 Å². The quantitative estimate of drug-likeness (QED) is 0.360. The molecule has 1 amide bonds. The molecule has 0 bridgehead atoms. The molecule has 0 spiro atoms. The average Bonchev–Trinajstić information content (AvgIpc) is 2.75. The van der Waals surface area contributed by atoms with E-state index in [9.17, 15) is 31.5 Å². The third-order valence-corrected chi connectivity index (χ3v) is 4.96. The van der Waals surface area contributed by atoms with Gasteiger partial charge in [-0.3, -0.25) is 9.59 Å². The molecule has 0 radical (unpaired) electrons. The Morgan fingerprint density at radius 1 is 1.03 bits per heavy atom. The molecule has 0 aromatic heterocycles. The Kier molecular flexibility index (Phi) is 7.39. The topological polar surface area (TPSA) is 102 Å². The van der Waals surface area contributed by atoms with Gasteiger partial charge in [-0.15, -0.1) is 0 Å². The fraction of sp³-hybridized carbons (Fsp3) is 0.167. The number of carbonyl (C=O) groups is 2. The molecule has 0 aliphatic heterocycles. The van der Waals surface area contributed by atoms with Crippen molar-refractivity contribution in [3.05, 3.63) is 88.5 Å². The van der Waals surface area contributed by atoms with Gasteiger partial charge >= 0.3 is 12.1 Å². The molecule has 0 aliphatic rings. The van der Waals surface area contributed by atoms with Crippen molar-refractivity contribution in [1.82, 2.24) is 0 Å². The van der Waals surface area contributed by atoms with E-state index in [0.29, 0.717) is 11.6 Å². The number of amides is 1. The highest BCUT2D eigenvalue weighted by Gasteiger charge is 2.32. The average molecular weight is 494 g/mol. The lowest BCUT2D eigenvalue weighted by Gasteiger charge is -2.16. The van der Waals surface area contributed by atoms with Crippen LogP contribution in [0.15, 0.2) is 54.6 Å². The predicted octanol–water partition coefficient (Wildman–Crippen LogP) is 5.81. The van der Waals surface area contributed by atoms with Gasteiger partial charge < -0.3 is 20.9 Å². The summed E-state index contributed by atoms with van der Waals surface area (Å²) in [5.41, 5.74) is 4.20. The molecule has 4 N–H and O–H groups in total. The molecule has 3 aromatic rings. The van der Waals surface area contributed by atoms with Gasteiger partial charge in [0.2, 0.25) is 0 Å². The Balaban J connectivity index is 1.97. The maximum absolute atomic E-state index is 14.1. The zero-order valence-corrected chi connectivity index (χ0v) is 18.1. The number of alkyl halides is 3. The first kappa shape index (κ1) is 25.6. The summed E-state index contributed by atoms with van der Waals surface area (Å²) < 4.78 is 73.0. The third kappa shape index (κ3) is 6.33. The molecule has 0 saturated carbocycles. The second-order valence-electron chi connectivity index (χ2n) is 7.62. The maximum atomic E-state index is 14.1. The summed E-state index contributed by atoms with van der Waals surface area (Å²) in [6.07, 6.45) is -5.34. The minimum Gasteiger partial charge on any atom is -0.481 e. The van der Waals surface area contributed by atoms with Crippen LogP contribution < -0.4 is 15.8 Å². The van der Waals surface area contributed by atoms with Crippen molar-refractivity contribution in [2.75, 3.05) is 5.32 Å². The molecule has 1 atom stereocenters. The van der Waals surface area contributed by atoms with Gasteiger partial charge in [0.1, 0.15) is 23.1 Å². The van der Waals surface area contributed by atoms with Crippen LogP contribution in [-0.2, 0) is 11.0 Å². The molecule has 6 nitrogen and oxygen atoms in total. The summed E-state index contributed by atoms with van der Waals surface area (Å²) >= 11 is 0. The molecule has 0 aliphatic carbocycles. The molecule has 35 heavy (non-hydrogen) atoms. The van der Waals surface area contributed by atoms with Crippen molar-refractivity contribution in [2.45, 2.75) is 25.6 Å². The van der Waals surface area contributed by atoms with Crippen molar-refractivity contribution in [3.8, 4) is 11.5 Å². The first-order chi connectivity index (χ1) is 16.3. The molecule has 1 unspecified atom stereocenters. The molecule has 0 heterocycles. The number of hydrogen-bond donors (Lipinski definition) is 3. The largest absolute Gasteiger partial charge is 0.481 e. The van der Waals surface area contributed by atoms with Gasteiger partial charge in [0, 0.05) is 17.3 Å². The summed E-state index contributed by atoms with van der Waals surface area (Å²) in [7, 11) is 0. The number of carboxylic acids is 1. The number of aliphatic carboxylic acids is 1. The lowest BCUT2D eigenvalue weighted by atomic mass is 10.0. The van der Waals surface area contributed by atoms with Gasteiger partial charge in [-0.1, -0.05) is 0 Å². The van der Waals surface area contributed by atoms with E-state index in [2.05, 4.69) is 5.32 Å². The standard InChI is InChI=1S/C24H19F5N2O4/c1-12-8-14(25)3-7-20(12)35-21-6-2-13(24(27,28)29)9-17(21)23(34)31-15-4-5-18(26)16(10-15)19(30)11-22(32)33/h2-10,19H,11,30H2,1H3,(H,31,34)(H,32,33). The lowest BCUT2D eigenvalue weighted by molar-refractivity contribution is -0.138. The van der Waals surface area contributed by atoms with Crippen LogP contribution in [0.4, 0.5) is 27.6 Å². The molecule has 11 heteroatoms.